The fourth-order valence-corrected chi connectivity index (χ4v) is 3.39. The van der Waals surface area contributed by atoms with E-state index in [1.54, 1.807) is 0 Å². The molecule has 0 aliphatic carbocycles. The Hall–Kier alpha value is -1.75. The third-order valence-electron chi connectivity index (χ3n) is 3.49. The van der Waals surface area contributed by atoms with Crippen LogP contribution in [-0.4, -0.2) is 40.4 Å². The Bertz CT molecular complexity index is 688. The van der Waals surface area contributed by atoms with Crippen LogP contribution in [0.5, 0.6) is 0 Å². The van der Waals surface area contributed by atoms with Crippen molar-refractivity contribution in [3.63, 3.8) is 0 Å². The van der Waals surface area contributed by atoms with Gasteiger partial charge in [-0.2, -0.15) is 11.8 Å². The Labute approximate surface area is 121 Å². The Kier molecular flexibility index (Phi) is 3.78. The lowest BCUT2D eigenvalue weighted by atomic mass is 10.1. The van der Waals surface area contributed by atoms with Crippen molar-refractivity contribution in [2.45, 2.75) is 6.42 Å². The van der Waals surface area contributed by atoms with Crippen LogP contribution in [0, 0.1) is 0 Å². The summed E-state index contributed by atoms with van der Waals surface area (Å²) in [6.45, 7) is 1.53. The molecule has 1 N–H and O–H groups in total. The highest BCUT2D eigenvalue weighted by Crippen LogP contribution is 2.18. The Morgan fingerprint density at radius 2 is 2.05 bits per heavy atom. The number of H-pyrrole nitrogens is 1. The number of fused-ring (bicyclic) bond motifs is 1. The predicted octanol–water partition coefficient (Wildman–Crippen LogP) is 2.11. The van der Waals surface area contributed by atoms with Crippen LogP contribution in [-0.2, 0) is 0 Å². The number of carbonyl (C=O) groups is 1. The number of carbonyl (C=O) groups excluding carboxylic acids is 1. The van der Waals surface area contributed by atoms with E-state index in [4.69, 9.17) is 0 Å². The molecule has 0 unspecified atom stereocenters. The molecule has 1 amide bonds. The Morgan fingerprint density at radius 1 is 1.20 bits per heavy atom. The number of para-hydroxylation sites is 1. The van der Waals surface area contributed by atoms with Crippen molar-refractivity contribution < 1.29 is 4.79 Å². The molecular weight excluding hydrogens is 272 g/mol. The normalized spacial score (nSPS) is 16.1. The molecule has 0 bridgehead atoms. The Morgan fingerprint density at radius 3 is 2.95 bits per heavy atom. The van der Waals surface area contributed by atoms with Gasteiger partial charge in [-0.25, -0.2) is 0 Å². The van der Waals surface area contributed by atoms with E-state index in [9.17, 15) is 9.59 Å². The summed E-state index contributed by atoms with van der Waals surface area (Å²) in [5, 5.41) is 0.814. The van der Waals surface area contributed by atoms with Crippen molar-refractivity contribution in [1.29, 1.82) is 0 Å². The van der Waals surface area contributed by atoms with Gasteiger partial charge in [-0.1, -0.05) is 18.2 Å². The highest BCUT2D eigenvalue weighted by Gasteiger charge is 2.19. The standard InChI is InChI=1S/C15H16N2O2S/c18-14-10-12(11-4-1-2-5-13(11)16-14)15(19)17-6-3-8-20-9-7-17/h1-2,4-5,10H,3,6-9H2,(H,16,18). The number of nitrogens with one attached hydrogen (secondary N) is 1. The number of pyridine rings is 1. The number of rotatable bonds is 1. The molecule has 1 fully saturated rings. The van der Waals surface area contributed by atoms with Crippen LogP contribution in [0.1, 0.15) is 16.8 Å². The third-order valence-corrected chi connectivity index (χ3v) is 4.54. The van der Waals surface area contributed by atoms with Crippen molar-refractivity contribution in [3.05, 3.63) is 46.2 Å². The van der Waals surface area contributed by atoms with Crippen molar-refractivity contribution in [2.75, 3.05) is 24.6 Å². The minimum absolute atomic E-state index is 0.0326. The first-order valence-corrected chi connectivity index (χ1v) is 7.90. The van der Waals surface area contributed by atoms with E-state index in [-0.39, 0.29) is 11.5 Å². The van der Waals surface area contributed by atoms with Gasteiger partial charge in [0, 0.05) is 35.8 Å². The van der Waals surface area contributed by atoms with Gasteiger partial charge in [0.1, 0.15) is 0 Å². The summed E-state index contributed by atoms with van der Waals surface area (Å²) in [5.41, 5.74) is 1.00. The fraction of sp³-hybridized carbons (Fsp3) is 0.333. The van der Waals surface area contributed by atoms with Gasteiger partial charge >= 0.3 is 0 Å². The maximum absolute atomic E-state index is 12.7. The maximum atomic E-state index is 12.7. The SMILES string of the molecule is O=C(c1cc(=O)[nH]c2ccccc12)N1CCCSCC1. The van der Waals surface area contributed by atoms with Crippen LogP contribution in [0.15, 0.2) is 35.1 Å². The lowest BCUT2D eigenvalue weighted by Crippen LogP contribution is -2.33. The van der Waals surface area contributed by atoms with E-state index in [1.165, 1.54) is 6.07 Å². The summed E-state index contributed by atoms with van der Waals surface area (Å²) in [7, 11) is 0. The first kappa shape index (κ1) is 13.2. The number of nitrogens with zero attached hydrogens (tertiary/aromatic N) is 1. The molecule has 0 atom stereocenters. The predicted molar refractivity (Wildman–Crippen MR) is 82.4 cm³/mol. The van der Waals surface area contributed by atoms with Crippen molar-refractivity contribution in [2.24, 2.45) is 0 Å². The molecule has 5 heteroatoms. The monoisotopic (exact) mass is 288 g/mol. The lowest BCUT2D eigenvalue weighted by Gasteiger charge is -2.20. The molecule has 2 aromatic rings. The number of aromatic nitrogens is 1. The van der Waals surface area contributed by atoms with Gasteiger partial charge in [0.2, 0.25) is 5.56 Å². The van der Waals surface area contributed by atoms with Crippen molar-refractivity contribution in [3.8, 4) is 0 Å². The second kappa shape index (κ2) is 5.71. The average Bonchev–Trinajstić information content (AvgIpc) is 2.74. The van der Waals surface area contributed by atoms with E-state index in [2.05, 4.69) is 4.98 Å². The average molecular weight is 288 g/mol. The molecule has 4 nitrogen and oxygen atoms in total. The highest BCUT2D eigenvalue weighted by molar-refractivity contribution is 7.99. The molecule has 1 aromatic heterocycles. The molecule has 1 aliphatic rings. The molecule has 0 saturated carbocycles. The van der Waals surface area contributed by atoms with Crippen LogP contribution in [0.3, 0.4) is 0 Å². The zero-order chi connectivity index (χ0) is 13.9. The summed E-state index contributed by atoms with van der Waals surface area (Å²) in [6, 6.07) is 8.87. The summed E-state index contributed by atoms with van der Waals surface area (Å²) in [5.74, 6) is 2.03. The summed E-state index contributed by atoms with van der Waals surface area (Å²) in [6.07, 6.45) is 1.01. The lowest BCUT2D eigenvalue weighted by molar-refractivity contribution is 0.0770. The zero-order valence-corrected chi connectivity index (χ0v) is 11.9. The number of hydrogen-bond acceptors (Lipinski definition) is 3. The van der Waals surface area contributed by atoms with Crippen molar-refractivity contribution >= 4 is 28.6 Å². The number of hydrogen-bond donors (Lipinski definition) is 1. The van der Waals surface area contributed by atoms with E-state index >= 15 is 0 Å². The summed E-state index contributed by atoms with van der Waals surface area (Å²) >= 11 is 1.88. The van der Waals surface area contributed by atoms with E-state index in [0.29, 0.717) is 11.1 Å². The van der Waals surface area contributed by atoms with Gasteiger partial charge in [0.05, 0.1) is 5.56 Å². The smallest absolute Gasteiger partial charge is 0.254 e. The van der Waals surface area contributed by atoms with Crippen LogP contribution in [0.25, 0.3) is 10.9 Å². The van der Waals surface area contributed by atoms with Crippen LogP contribution < -0.4 is 5.56 Å². The molecular formula is C15H16N2O2S. The number of aromatic amines is 1. The quantitative estimate of drug-likeness (QED) is 0.874. The van der Waals surface area contributed by atoms with Crippen LogP contribution in [0.2, 0.25) is 0 Å². The minimum atomic E-state index is -0.226. The first-order valence-electron chi connectivity index (χ1n) is 6.75. The molecule has 104 valence electrons. The molecule has 20 heavy (non-hydrogen) atoms. The summed E-state index contributed by atoms with van der Waals surface area (Å²) < 4.78 is 0. The molecule has 2 heterocycles. The third kappa shape index (κ3) is 2.58. The molecule has 0 radical (unpaired) electrons. The maximum Gasteiger partial charge on any atom is 0.254 e. The van der Waals surface area contributed by atoms with Gasteiger partial charge < -0.3 is 9.88 Å². The second-order valence-corrected chi connectivity index (χ2v) is 6.08. The topological polar surface area (TPSA) is 53.2 Å². The van der Waals surface area contributed by atoms with Gasteiger partial charge in [0.15, 0.2) is 0 Å². The van der Waals surface area contributed by atoms with Gasteiger partial charge in [-0.15, -0.1) is 0 Å². The molecule has 1 aromatic carbocycles. The van der Waals surface area contributed by atoms with Crippen LogP contribution in [0.4, 0.5) is 0 Å². The number of amides is 1. The van der Waals surface area contributed by atoms with E-state index < -0.39 is 0 Å². The largest absolute Gasteiger partial charge is 0.338 e. The van der Waals surface area contributed by atoms with Crippen molar-refractivity contribution in [1.82, 2.24) is 9.88 Å². The summed E-state index contributed by atoms with van der Waals surface area (Å²) in [4.78, 5) is 29.0. The fourth-order valence-electron chi connectivity index (χ4n) is 2.50. The molecule has 0 spiro atoms. The number of thioether (sulfide) groups is 1. The minimum Gasteiger partial charge on any atom is -0.338 e. The van der Waals surface area contributed by atoms with E-state index in [0.717, 1.165) is 36.4 Å². The molecule has 1 saturated heterocycles. The van der Waals surface area contributed by atoms with Gasteiger partial charge in [-0.05, 0) is 18.2 Å². The van der Waals surface area contributed by atoms with Gasteiger partial charge in [0.25, 0.3) is 5.91 Å². The zero-order valence-electron chi connectivity index (χ0n) is 11.1. The first-order chi connectivity index (χ1) is 9.75. The highest BCUT2D eigenvalue weighted by atomic mass is 32.2. The van der Waals surface area contributed by atoms with Gasteiger partial charge in [-0.3, -0.25) is 9.59 Å². The Balaban J connectivity index is 2.04. The second-order valence-electron chi connectivity index (χ2n) is 4.85. The van der Waals surface area contributed by atoms with Crippen LogP contribution >= 0.6 is 11.8 Å². The van der Waals surface area contributed by atoms with E-state index in [1.807, 2.05) is 40.9 Å². The molecule has 1 aliphatic heterocycles. The number of benzene rings is 1. The molecule has 3 rings (SSSR count).